The fourth-order valence-electron chi connectivity index (χ4n) is 10.4. The Balaban J connectivity index is 1.16. The molecule has 13 rings (SSSR count). The molecule has 0 spiro atoms. The van der Waals surface area contributed by atoms with Crippen LogP contribution in [0.3, 0.4) is 0 Å². The summed E-state index contributed by atoms with van der Waals surface area (Å²) in [6, 6.07) is 59.2. The summed E-state index contributed by atoms with van der Waals surface area (Å²) in [4.78, 5) is 90.4. The Morgan fingerprint density at radius 2 is 0.538 bits per heavy atom. The third-order valence-electron chi connectivity index (χ3n) is 13.7. The van der Waals surface area contributed by atoms with Gasteiger partial charge in [-0.05, 0) is 97.1 Å². The van der Waals surface area contributed by atoms with Gasteiger partial charge in [0.2, 0.25) is 11.8 Å². The zero-order valence-electron chi connectivity index (χ0n) is 41.0. The van der Waals surface area contributed by atoms with Crippen LogP contribution in [0.1, 0.15) is 41.4 Å². The maximum atomic E-state index is 15.3. The van der Waals surface area contributed by atoms with Gasteiger partial charge in [0.1, 0.15) is 59.1 Å². The lowest BCUT2D eigenvalue weighted by atomic mass is 9.80. The SMILES string of the molecule is O=C(CN1C(=O)c2cc(Oc3ccccc3)c3c4c(Oc5ccccc5)cc5c6c(cc(Oc7ccccc7)c(c7c(Oc8ccccc8)cc(c2c37)C1=O)c64)C(=O)N(CC(=O)Nc1ccccc1)C5=O)Nc1ccccc1. The minimum absolute atomic E-state index is 0.0363. The van der Waals surface area contributed by atoms with Gasteiger partial charge in [-0.2, -0.15) is 0 Å². The average molecular weight is 1030 g/mol. The topological polar surface area (TPSA) is 170 Å². The predicted octanol–water partition coefficient (Wildman–Crippen LogP) is 13.4. The van der Waals surface area contributed by atoms with Gasteiger partial charge in [0.15, 0.2) is 0 Å². The molecule has 0 atom stereocenters. The van der Waals surface area contributed by atoms with E-state index in [0.717, 1.165) is 9.80 Å². The molecular formula is C64H40N4O10. The minimum atomic E-state index is -0.770. The molecule has 11 aromatic rings. The van der Waals surface area contributed by atoms with E-state index in [1.807, 2.05) is 24.3 Å². The molecule has 11 aromatic carbocycles. The van der Waals surface area contributed by atoms with Crippen LogP contribution >= 0.6 is 0 Å². The Morgan fingerprint density at radius 1 is 0.308 bits per heavy atom. The van der Waals surface area contributed by atoms with Crippen molar-refractivity contribution < 1.29 is 47.7 Å². The molecule has 376 valence electrons. The first-order valence-electron chi connectivity index (χ1n) is 24.9. The third kappa shape index (κ3) is 8.17. The first-order valence-corrected chi connectivity index (χ1v) is 24.9. The van der Waals surface area contributed by atoms with Gasteiger partial charge in [0, 0.05) is 54.5 Å². The van der Waals surface area contributed by atoms with Crippen molar-refractivity contribution >= 4 is 89.9 Å². The van der Waals surface area contributed by atoms with Crippen LogP contribution in [0.2, 0.25) is 0 Å². The Hall–Kier alpha value is -10.9. The summed E-state index contributed by atoms with van der Waals surface area (Å²) in [6.07, 6.45) is 0. The van der Waals surface area contributed by atoms with Crippen molar-refractivity contribution in [3.63, 3.8) is 0 Å². The Bertz CT molecular complexity index is 3770. The fourth-order valence-corrected chi connectivity index (χ4v) is 10.4. The van der Waals surface area contributed by atoms with E-state index >= 15 is 19.2 Å². The number of hydrogen-bond donors (Lipinski definition) is 2. The van der Waals surface area contributed by atoms with Crippen molar-refractivity contribution in [3.8, 4) is 46.0 Å². The van der Waals surface area contributed by atoms with Crippen LogP contribution < -0.4 is 29.6 Å². The van der Waals surface area contributed by atoms with Crippen molar-refractivity contribution in [1.82, 2.24) is 9.80 Å². The molecule has 14 heteroatoms. The molecule has 78 heavy (non-hydrogen) atoms. The molecule has 6 amide bonds. The van der Waals surface area contributed by atoms with E-state index in [2.05, 4.69) is 10.6 Å². The number of carbonyl (C=O) groups is 6. The number of rotatable bonds is 14. The normalized spacial score (nSPS) is 12.9. The second kappa shape index (κ2) is 19.1. The number of amides is 6. The standard InChI is InChI=1S/C64H40N4O10/c69-51(65-37-19-7-1-8-20-37)35-67-61(71)43-31-47(75-39-23-11-3-12-24-39)55-57-49(77-41-27-15-5-16-28-41)33-45-54-46(64(74)68(63(45)73)36-52(70)66-38-21-9-2-10-22-38)34-50(78-42-29-17-6-18-30-42)58(60(54)57)56-48(76-40-25-13-4-14-26-40)32-44(62(67)72)53(43)59(55)56/h1-34H,35-36H2,(H,65,69)(H,66,70). The number of hydrogen-bond acceptors (Lipinski definition) is 10. The van der Waals surface area contributed by atoms with E-state index < -0.39 is 48.5 Å². The highest BCUT2D eigenvalue weighted by atomic mass is 16.5. The Morgan fingerprint density at radius 3 is 0.782 bits per heavy atom. The smallest absolute Gasteiger partial charge is 0.262 e. The molecular weight excluding hydrogens is 985 g/mol. The number of imide groups is 2. The summed E-state index contributed by atoms with van der Waals surface area (Å²) in [6.45, 7) is -1.27. The highest BCUT2D eigenvalue weighted by molar-refractivity contribution is 6.45. The number of carbonyl (C=O) groups excluding carboxylic acids is 6. The number of fused-ring (bicyclic) bond motifs is 2. The number of ether oxygens (including phenoxy) is 4. The first-order chi connectivity index (χ1) is 38.2. The van der Waals surface area contributed by atoms with E-state index in [1.165, 1.54) is 0 Å². The molecule has 0 aliphatic carbocycles. The van der Waals surface area contributed by atoms with Gasteiger partial charge in [0.25, 0.3) is 23.6 Å². The van der Waals surface area contributed by atoms with E-state index in [9.17, 15) is 9.59 Å². The highest BCUT2D eigenvalue weighted by Crippen LogP contribution is 2.58. The zero-order valence-corrected chi connectivity index (χ0v) is 41.0. The van der Waals surface area contributed by atoms with Crippen molar-refractivity contribution in [1.29, 1.82) is 0 Å². The summed E-state index contributed by atoms with van der Waals surface area (Å²) >= 11 is 0. The molecule has 0 radical (unpaired) electrons. The molecule has 2 aliphatic heterocycles. The molecule has 0 fully saturated rings. The Kier molecular flexibility index (Phi) is 11.5. The number of anilines is 2. The van der Waals surface area contributed by atoms with Crippen molar-refractivity contribution in [2.45, 2.75) is 0 Å². The van der Waals surface area contributed by atoms with Gasteiger partial charge < -0.3 is 29.6 Å². The second-order valence-electron chi connectivity index (χ2n) is 18.6. The van der Waals surface area contributed by atoms with Crippen molar-refractivity contribution in [3.05, 3.63) is 229 Å². The monoisotopic (exact) mass is 1020 g/mol. The first kappa shape index (κ1) is 46.9. The summed E-state index contributed by atoms with van der Waals surface area (Å²) in [5, 5.41) is 7.93. The lowest BCUT2D eigenvalue weighted by molar-refractivity contribution is -0.117. The lowest BCUT2D eigenvalue weighted by Gasteiger charge is -2.32. The molecule has 0 bridgehead atoms. The van der Waals surface area contributed by atoms with Crippen LogP contribution in [0.15, 0.2) is 206 Å². The summed E-state index contributed by atoms with van der Waals surface area (Å²) in [5.41, 5.74) is 1.09. The number of nitrogens with zero attached hydrogens (tertiary/aromatic N) is 2. The number of para-hydroxylation sites is 6. The summed E-state index contributed by atoms with van der Waals surface area (Å²) in [5.74, 6) is -2.34. The van der Waals surface area contributed by atoms with Crippen LogP contribution in [-0.2, 0) is 9.59 Å². The minimum Gasteiger partial charge on any atom is -0.457 e. The lowest BCUT2D eigenvalue weighted by Crippen LogP contribution is -2.45. The van der Waals surface area contributed by atoms with Crippen LogP contribution in [0.5, 0.6) is 46.0 Å². The molecule has 0 saturated carbocycles. The van der Waals surface area contributed by atoms with Gasteiger partial charge in [0.05, 0.1) is 22.3 Å². The predicted molar refractivity (Wildman–Crippen MR) is 295 cm³/mol. The van der Waals surface area contributed by atoms with Gasteiger partial charge in [-0.1, -0.05) is 109 Å². The van der Waals surface area contributed by atoms with Gasteiger partial charge in [-0.25, -0.2) is 0 Å². The van der Waals surface area contributed by atoms with E-state index in [1.54, 1.807) is 182 Å². The van der Waals surface area contributed by atoms with E-state index in [-0.39, 0.29) is 56.0 Å². The van der Waals surface area contributed by atoms with Crippen LogP contribution in [0.25, 0.3) is 43.1 Å². The quantitative estimate of drug-likeness (QED) is 0.0607. The fraction of sp³-hybridized carbons (Fsp3) is 0.0312. The van der Waals surface area contributed by atoms with Gasteiger partial charge in [-0.3, -0.25) is 38.6 Å². The van der Waals surface area contributed by atoms with E-state index in [0.29, 0.717) is 66.7 Å². The average Bonchev–Trinajstić information content (AvgIpc) is 3.46. The van der Waals surface area contributed by atoms with Crippen molar-refractivity contribution in [2.24, 2.45) is 0 Å². The second-order valence-corrected chi connectivity index (χ2v) is 18.6. The van der Waals surface area contributed by atoms with Crippen LogP contribution in [0, 0.1) is 0 Å². The third-order valence-corrected chi connectivity index (χ3v) is 13.7. The van der Waals surface area contributed by atoms with Crippen LogP contribution in [-0.4, -0.2) is 58.3 Å². The Labute approximate surface area is 443 Å². The van der Waals surface area contributed by atoms with Gasteiger partial charge >= 0.3 is 0 Å². The number of benzene rings is 11. The van der Waals surface area contributed by atoms with Gasteiger partial charge in [-0.15, -0.1) is 0 Å². The maximum absolute atomic E-state index is 15.3. The number of nitrogens with one attached hydrogen (secondary N) is 2. The van der Waals surface area contributed by atoms with Crippen molar-refractivity contribution in [2.75, 3.05) is 23.7 Å². The molecule has 2 N–H and O–H groups in total. The largest absolute Gasteiger partial charge is 0.457 e. The van der Waals surface area contributed by atoms with Crippen LogP contribution in [0.4, 0.5) is 11.4 Å². The maximum Gasteiger partial charge on any atom is 0.262 e. The molecule has 2 aliphatic rings. The summed E-state index contributed by atoms with van der Waals surface area (Å²) < 4.78 is 27.7. The highest BCUT2D eigenvalue weighted by Gasteiger charge is 2.42. The zero-order chi connectivity index (χ0) is 53.0. The molecule has 14 nitrogen and oxygen atoms in total. The molecule has 0 aromatic heterocycles. The molecule has 2 heterocycles. The van der Waals surface area contributed by atoms with E-state index in [4.69, 9.17) is 18.9 Å². The summed E-state index contributed by atoms with van der Waals surface area (Å²) in [7, 11) is 0. The molecule has 0 unspecified atom stereocenters. The molecule has 0 saturated heterocycles.